The van der Waals surface area contributed by atoms with E-state index in [1.807, 2.05) is 0 Å². The van der Waals surface area contributed by atoms with Crippen LogP contribution in [0.3, 0.4) is 0 Å². The molecule has 0 aliphatic carbocycles. The summed E-state index contributed by atoms with van der Waals surface area (Å²) in [5, 5.41) is 14.2. The van der Waals surface area contributed by atoms with E-state index in [9.17, 15) is 4.79 Å². The van der Waals surface area contributed by atoms with Crippen molar-refractivity contribution in [3.63, 3.8) is 0 Å². The Labute approximate surface area is 99.5 Å². The maximum absolute atomic E-state index is 10.7. The van der Waals surface area contributed by atoms with E-state index in [1.165, 1.54) is 23.1 Å². The van der Waals surface area contributed by atoms with E-state index in [2.05, 4.69) is 10.1 Å². The van der Waals surface area contributed by atoms with Crippen molar-refractivity contribution in [1.29, 1.82) is 0 Å². The van der Waals surface area contributed by atoms with Crippen LogP contribution in [0.5, 0.6) is 0 Å². The Morgan fingerprint density at radius 1 is 1.69 bits per heavy atom. The first kappa shape index (κ1) is 11.2. The lowest BCUT2D eigenvalue weighted by atomic mass is 10.5. The predicted molar refractivity (Wildman–Crippen MR) is 59.9 cm³/mol. The van der Waals surface area contributed by atoms with Gasteiger partial charge in [0.05, 0.1) is 5.75 Å². The molecule has 0 spiro atoms. The average molecular weight is 256 g/mol. The Balaban J connectivity index is 1.97. The molecule has 0 fully saturated rings. The number of rotatable bonds is 4. The van der Waals surface area contributed by atoms with Crippen LogP contribution in [0, 0.1) is 6.92 Å². The molecule has 0 unspecified atom stereocenters. The summed E-state index contributed by atoms with van der Waals surface area (Å²) in [7, 11) is 0. The molecule has 0 atom stereocenters. The lowest BCUT2D eigenvalue weighted by molar-refractivity contribution is 0.0702. The fourth-order valence-corrected chi connectivity index (χ4v) is 2.76. The molecule has 7 heteroatoms. The third-order valence-corrected chi connectivity index (χ3v) is 3.75. The number of hydrogen-bond donors (Lipinski definition) is 1. The zero-order valence-electron chi connectivity index (χ0n) is 8.34. The van der Waals surface area contributed by atoms with Crippen LogP contribution in [0.15, 0.2) is 20.9 Å². The molecule has 5 nitrogen and oxygen atoms in total. The molecular weight excluding hydrogens is 248 g/mol. The van der Waals surface area contributed by atoms with Crippen LogP contribution in [-0.4, -0.2) is 21.2 Å². The summed E-state index contributed by atoms with van der Waals surface area (Å²) in [4.78, 5) is 15.9. The molecule has 0 saturated heterocycles. The number of hydrogen-bond acceptors (Lipinski definition) is 6. The lowest BCUT2D eigenvalue weighted by Gasteiger charge is -1.91. The van der Waals surface area contributed by atoms with E-state index in [0.717, 1.165) is 4.90 Å². The number of thioether (sulfide) groups is 1. The molecule has 2 rings (SSSR count). The van der Waals surface area contributed by atoms with Gasteiger partial charge in [-0.25, -0.2) is 4.79 Å². The maximum Gasteiger partial charge on any atom is 0.345 e. The number of aromatic nitrogens is 2. The molecule has 0 aliphatic rings. The van der Waals surface area contributed by atoms with Gasteiger partial charge in [0.15, 0.2) is 5.82 Å². The van der Waals surface area contributed by atoms with Crippen molar-refractivity contribution in [2.24, 2.45) is 0 Å². The molecule has 0 amide bonds. The van der Waals surface area contributed by atoms with E-state index < -0.39 is 5.97 Å². The number of carboxylic acids is 1. The van der Waals surface area contributed by atoms with Gasteiger partial charge in [-0.15, -0.1) is 23.1 Å². The minimum absolute atomic E-state index is 0.337. The molecule has 84 valence electrons. The Morgan fingerprint density at radius 2 is 2.50 bits per heavy atom. The summed E-state index contributed by atoms with van der Waals surface area (Å²) < 4.78 is 4.95. The standard InChI is InChI=1S/C9H8N2O3S2/c1-5-10-8(14-11-5)4-15-6-2-7(9(12)13)16-3-6/h2-3H,4H2,1H3,(H,12,13). The van der Waals surface area contributed by atoms with Gasteiger partial charge in [-0.2, -0.15) is 4.98 Å². The second kappa shape index (κ2) is 4.67. The van der Waals surface area contributed by atoms with Crippen LogP contribution in [0.2, 0.25) is 0 Å². The highest BCUT2D eigenvalue weighted by Crippen LogP contribution is 2.27. The van der Waals surface area contributed by atoms with E-state index in [0.29, 0.717) is 22.3 Å². The molecule has 0 aliphatic heterocycles. The number of aryl methyl sites for hydroxylation is 1. The minimum atomic E-state index is -0.898. The van der Waals surface area contributed by atoms with Crippen molar-refractivity contribution in [3.05, 3.63) is 28.0 Å². The summed E-state index contributed by atoms with van der Waals surface area (Å²) in [6.07, 6.45) is 0. The summed E-state index contributed by atoms with van der Waals surface area (Å²) in [5.41, 5.74) is 0. The monoisotopic (exact) mass is 256 g/mol. The van der Waals surface area contributed by atoms with Gasteiger partial charge in [0, 0.05) is 10.3 Å². The Morgan fingerprint density at radius 3 is 3.06 bits per heavy atom. The number of thiophene rings is 1. The lowest BCUT2D eigenvalue weighted by Crippen LogP contribution is -1.89. The highest BCUT2D eigenvalue weighted by atomic mass is 32.2. The fraction of sp³-hybridized carbons (Fsp3) is 0.222. The van der Waals surface area contributed by atoms with Crippen LogP contribution in [0.25, 0.3) is 0 Å². The predicted octanol–water partition coefficient (Wildman–Crippen LogP) is 2.43. The first-order valence-electron chi connectivity index (χ1n) is 4.39. The Hall–Kier alpha value is -1.34. The minimum Gasteiger partial charge on any atom is -0.477 e. The maximum atomic E-state index is 10.7. The molecule has 0 saturated carbocycles. The highest BCUT2D eigenvalue weighted by Gasteiger charge is 2.09. The van der Waals surface area contributed by atoms with Crippen LogP contribution < -0.4 is 0 Å². The quantitative estimate of drug-likeness (QED) is 0.847. The number of aromatic carboxylic acids is 1. The number of carboxylic acid groups (broad SMARTS) is 1. The summed E-state index contributed by atoms with van der Waals surface area (Å²) >= 11 is 2.69. The van der Waals surface area contributed by atoms with Crippen molar-refractivity contribution < 1.29 is 14.4 Å². The normalized spacial score (nSPS) is 10.6. The Bertz CT molecular complexity index is 506. The summed E-state index contributed by atoms with van der Waals surface area (Å²) in [6, 6.07) is 1.64. The van der Waals surface area contributed by atoms with Gasteiger partial charge < -0.3 is 9.63 Å². The Kier molecular flexibility index (Phi) is 3.25. The van der Waals surface area contributed by atoms with Gasteiger partial charge in [-0.1, -0.05) is 5.16 Å². The van der Waals surface area contributed by atoms with Crippen molar-refractivity contribution >= 4 is 29.1 Å². The second-order valence-electron chi connectivity index (χ2n) is 2.98. The number of nitrogens with zero attached hydrogens (tertiary/aromatic N) is 2. The van der Waals surface area contributed by atoms with E-state index in [-0.39, 0.29) is 0 Å². The second-order valence-corrected chi connectivity index (χ2v) is 4.94. The van der Waals surface area contributed by atoms with Gasteiger partial charge >= 0.3 is 5.97 Å². The topological polar surface area (TPSA) is 76.2 Å². The molecule has 16 heavy (non-hydrogen) atoms. The van der Waals surface area contributed by atoms with Crippen molar-refractivity contribution in [3.8, 4) is 0 Å². The highest BCUT2D eigenvalue weighted by molar-refractivity contribution is 7.98. The fourth-order valence-electron chi connectivity index (χ4n) is 1.05. The van der Waals surface area contributed by atoms with Gasteiger partial charge in [-0.05, 0) is 13.0 Å². The van der Waals surface area contributed by atoms with E-state index >= 15 is 0 Å². The third-order valence-electron chi connectivity index (χ3n) is 1.72. The molecule has 2 aromatic rings. The first-order valence-corrected chi connectivity index (χ1v) is 6.25. The van der Waals surface area contributed by atoms with Crippen LogP contribution in [0.4, 0.5) is 0 Å². The molecule has 0 radical (unpaired) electrons. The van der Waals surface area contributed by atoms with Gasteiger partial charge in [0.1, 0.15) is 4.88 Å². The molecule has 0 bridgehead atoms. The van der Waals surface area contributed by atoms with Crippen molar-refractivity contribution in [1.82, 2.24) is 10.1 Å². The van der Waals surface area contributed by atoms with Crippen molar-refractivity contribution in [2.45, 2.75) is 17.6 Å². The summed E-state index contributed by atoms with van der Waals surface area (Å²) in [5.74, 6) is 0.805. The van der Waals surface area contributed by atoms with Gasteiger partial charge in [0.2, 0.25) is 5.89 Å². The first-order chi connectivity index (χ1) is 7.65. The van der Waals surface area contributed by atoms with Crippen LogP contribution >= 0.6 is 23.1 Å². The zero-order valence-corrected chi connectivity index (χ0v) is 9.97. The van der Waals surface area contributed by atoms with Crippen molar-refractivity contribution in [2.75, 3.05) is 0 Å². The molecule has 2 heterocycles. The molecular formula is C9H8N2O3S2. The SMILES string of the molecule is Cc1noc(CSc2csc(C(=O)O)c2)n1. The average Bonchev–Trinajstić information content (AvgIpc) is 2.83. The smallest absolute Gasteiger partial charge is 0.345 e. The molecule has 0 aromatic carbocycles. The molecule has 2 aromatic heterocycles. The van der Waals surface area contributed by atoms with Gasteiger partial charge in [0.25, 0.3) is 0 Å². The van der Waals surface area contributed by atoms with Gasteiger partial charge in [-0.3, -0.25) is 0 Å². The summed E-state index contributed by atoms with van der Waals surface area (Å²) in [6.45, 7) is 1.75. The van der Waals surface area contributed by atoms with Crippen LogP contribution in [0.1, 0.15) is 21.4 Å². The van der Waals surface area contributed by atoms with E-state index in [4.69, 9.17) is 9.63 Å². The third kappa shape index (κ3) is 2.61. The molecule has 1 N–H and O–H groups in total. The van der Waals surface area contributed by atoms with E-state index in [1.54, 1.807) is 18.4 Å². The zero-order chi connectivity index (χ0) is 11.5. The largest absolute Gasteiger partial charge is 0.477 e. The number of carbonyl (C=O) groups is 1. The van der Waals surface area contributed by atoms with Crippen LogP contribution in [-0.2, 0) is 5.75 Å².